The Hall–Kier alpha value is -6.31. The molecule has 0 saturated carbocycles. The van der Waals surface area contributed by atoms with Gasteiger partial charge in [-0.05, 0) is 67.9 Å². The van der Waals surface area contributed by atoms with Gasteiger partial charge in [0, 0.05) is 31.7 Å². The molecule has 0 aromatic heterocycles. The zero-order valence-electron chi connectivity index (χ0n) is 41.0. The molecule has 24 nitrogen and oxygen atoms in total. The van der Waals surface area contributed by atoms with E-state index in [0.717, 1.165) is 0 Å². The Balaban J connectivity index is 2.28. The Kier molecular flexibility index (Phi) is 26.7. The van der Waals surface area contributed by atoms with Gasteiger partial charge in [-0.1, -0.05) is 46.2 Å². The van der Waals surface area contributed by atoms with Gasteiger partial charge in [0.05, 0.1) is 19.6 Å². The summed E-state index contributed by atoms with van der Waals surface area (Å²) in [5, 5.41) is 18.1. The lowest BCUT2D eigenvalue weighted by Gasteiger charge is -2.31. The Morgan fingerprint density at radius 3 is 1.93 bits per heavy atom. The number of ether oxygens (including phenoxy) is 1. The van der Waals surface area contributed by atoms with Crippen LogP contribution in [-0.4, -0.2) is 150 Å². The van der Waals surface area contributed by atoms with Crippen molar-refractivity contribution < 1.29 is 52.7 Å². The fraction of sp³-hybridized carbons (Fsp3) is 0.622. The average Bonchev–Trinajstić information content (AvgIpc) is 3.81. The van der Waals surface area contributed by atoms with Crippen LogP contribution >= 0.6 is 25.3 Å². The van der Waals surface area contributed by atoms with Gasteiger partial charge in [0.15, 0.2) is 5.96 Å². The van der Waals surface area contributed by atoms with E-state index in [1.54, 1.807) is 52.0 Å². The second-order valence-electron chi connectivity index (χ2n) is 17.3. The fourth-order valence-electron chi connectivity index (χ4n) is 7.41. The minimum Gasteiger partial charge on any atom is -0.494 e. The normalized spacial score (nSPS) is 16.1. The molecule has 1 fully saturated rings. The molecule has 396 valence electrons. The van der Waals surface area contributed by atoms with E-state index >= 15 is 0 Å². The Morgan fingerprint density at radius 1 is 0.746 bits per heavy atom. The number of hydrogen-bond donors (Lipinski definition) is 13. The molecule has 71 heavy (non-hydrogen) atoms. The molecule has 1 aliphatic heterocycles. The van der Waals surface area contributed by atoms with Gasteiger partial charge in [0.1, 0.15) is 48.0 Å². The minimum absolute atomic E-state index is 0.0328. The first-order valence-corrected chi connectivity index (χ1v) is 24.8. The number of rotatable bonds is 31. The summed E-state index contributed by atoms with van der Waals surface area (Å²) in [5.41, 5.74) is 22.1. The predicted molar refractivity (Wildman–Crippen MR) is 270 cm³/mol. The van der Waals surface area contributed by atoms with Gasteiger partial charge in [-0.2, -0.15) is 25.3 Å². The topological polar surface area (TPSA) is 384 Å². The second-order valence-corrected chi connectivity index (χ2v) is 18.1. The van der Waals surface area contributed by atoms with E-state index < -0.39 is 126 Å². The number of carbonyl (C=O) groups excluding carboxylic acids is 10. The molecule has 1 aromatic rings. The van der Waals surface area contributed by atoms with E-state index in [1.165, 1.54) is 4.90 Å². The average molecular weight is 1040 g/mol. The zero-order chi connectivity index (χ0) is 53.4. The molecule has 0 aliphatic carbocycles. The third-order valence-corrected chi connectivity index (χ3v) is 12.0. The van der Waals surface area contributed by atoms with Crippen LogP contribution in [0.4, 0.5) is 0 Å². The summed E-state index contributed by atoms with van der Waals surface area (Å²) < 4.78 is 5.51. The van der Waals surface area contributed by atoms with Gasteiger partial charge < -0.3 is 69.8 Å². The SMILES string of the molecule is CCOc1ccc(C[C@@H](NC(=O)CCS)C(=O)N[C@H](C(=O)N[C@H](C(=O)N[C@@H](CC(N)=O)C(=O)N[C@@H](CS)C(=O)N2CCC[C@H]2C(=O)N[C@H](CCCN=C(N)N)C(=O)NCC(N)=O)C(C)C)[C@@H](C)CC)cc1. The number of guanidine groups is 1. The number of benzene rings is 1. The molecule has 1 saturated heterocycles. The highest BCUT2D eigenvalue weighted by atomic mass is 32.1. The number of hydrogen-bond acceptors (Lipinski definition) is 14. The van der Waals surface area contributed by atoms with Gasteiger partial charge in [-0.25, -0.2) is 0 Å². The Labute approximate surface area is 425 Å². The van der Waals surface area contributed by atoms with Crippen molar-refractivity contribution in [1.82, 2.24) is 42.1 Å². The van der Waals surface area contributed by atoms with E-state index in [1.807, 2.05) is 6.92 Å². The number of nitrogens with two attached hydrogens (primary N) is 4. The number of carbonyl (C=O) groups is 10. The van der Waals surface area contributed by atoms with E-state index in [0.29, 0.717) is 30.8 Å². The maximum Gasteiger partial charge on any atom is 0.246 e. The van der Waals surface area contributed by atoms with Crippen LogP contribution in [0.3, 0.4) is 0 Å². The summed E-state index contributed by atoms with van der Waals surface area (Å²) in [6, 6.07) is -1.94. The first kappa shape index (κ1) is 60.8. The van der Waals surface area contributed by atoms with Crippen molar-refractivity contribution >= 4 is 90.3 Å². The van der Waals surface area contributed by atoms with Crippen LogP contribution in [0.2, 0.25) is 0 Å². The highest BCUT2D eigenvalue weighted by molar-refractivity contribution is 7.80. The molecule has 0 bridgehead atoms. The van der Waals surface area contributed by atoms with Crippen molar-refractivity contribution in [2.75, 3.05) is 37.7 Å². The van der Waals surface area contributed by atoms with E-state index in [9.17, 15) is 47.9 Å². The molecular weight excluding hydrogens is 963 g/mol. The van der Waals surface area contributed by atoms with E-state index in [2.05, 4.69) is 67.5 Å². The third kappa shape index (κ3) is 20.9. The predicted octanol–water partition coefficient (Wildman–Crippen LogP) is -2.99. The maximum absolute atomic E-state index is 14.1. The first-order chi connectivity index (χ1) is 33.6. The smallest absolute Gasteiger partial charge is 0.246 e. The van der Waals surface area contributed by atoms with Crippen LogP contribution in [0, 0.1) is 11.8 Å². The number of amides is 10. The maximum atomic E-state index is 14.1. The molecule has 26 heteroatoms. The number of nitrogens with zero attached hydrogens (tertiary/aromatic N) is 2. The van der Waals surface area contributed by atoms with Gasteiger partial charge >= 0.3 is 0 Å². The molecule has 15 N–H and O–H groups in total. The lowest BCUT2D eigenvalue weighted by atomic mass is 9.95. The van der Waals surface area contributed by atoms with Crippen molar-refractivity contribution in [1.29, 1.82) is 0 Å². The monoisotopic (exact) mass is 1040 g/mol. The molecule has 0 spiro atoms. The number of aliphatic imine (C=N–C) groups is 1. The van der Waals surface area contributed by atoms with Crippen molar-refractivity contribution in [3.8, 4) is 5.75 Å². The number of likely N-dealkylation sites (tertiary alicyclic amines) is 1. The summed E-state index contributed by atoms with van der Waals surface area (Å²) in [6.45, 7) is 8.79. The van der Waals surface area contributed by atoms with Crippen LogP contribution in [0.1, 0.15) is 85.1 Å². The molecule has 8 atom stereocenters. The van der Waals surface area contributed by atoms with E-state index in [4.69, 9.17) is 27.7 Å². The van der Waals surface area contributed by atoms with Crippen LogP contribution in [0.15, 0.2) is 29.3 Å². The second kappa shape index (κ2) is 31.1. The quantitative estimate of drug-likeness (QED) is 0.0153. The van der Waals surface area contributed by atoms with Crippen molar-refractivity contribution in [3.05, 3.63) is 29.8 Å². The highest BCUT2D eigenvalue weighted by Gasteiger charge is 2.40. The van der Waals surface area contributed by atoms with Crippen molar-refractivity contribution in [2.45, 2.75) is 128 Å². The molecule has 1 aromatic carbocycles. The number of primary amides is 2. The molecule has 0 unspecified atom stereocenters. The van der Waals surface area contributed by atoms with Crippen molar-refractivity contribution in [2.24, 2.45) is 39.8 Å². The first-order valence-electron chi connectivity index (χ1n) is 23.5. The molecule has 1 heterocycles. The largest absolute Gasteiger partial charge is 0.494 e. The van der Waals surface area contributed by atoms with E-state index in [-0.39, 0.29) is 62.7 Å². The molecule has 0 radical (unpaired) electrons. The van der Waals surface area contributed by atoms with Gasteiger partial charge in [0.25, 0.3) is 0 Å². The molecule has 2 rings (SSSR count). The molecule has 1 aliphatic rings. The molecular formula is C45H73N13O11S2. The number of nitrogens with one attached hydrogen (secondary N) is 7. The lowest BCUT2D eigenvalue weighted by molar-refractivity contribution is -0.142. The lowest BCUT2D eigenvalue weighted by Crippen LogP contribution is -2.62. The Bertz CT molecular complexity index is 2040. The standard InChI is InChI=1S/C45H73N13O11S2/c1-6-25(5)37(57-40(64)29(52-35(61)16-19-70)20-26-12-14-27(15-13-26)69-7-2)43(67)56-36(24(3)4)42(66)54-30(21-33(46)59)39(63)55-31(23-71)44(68)58-18-9-11-32(58)41(65)53-28(10-8-17-50-45(48)49)38(62)51-22-34(47)60/h12-15,24-25,28-32,36-37,70-71H,6-11,16-23H2,1-5H3,(H2,46,59)(H2,47,60)(H,51,62)(H,52,61)(H,53,65)(H,54,66)(H,55,63)(H,56,67)(H,57,64)(H4,48,49,50)/t25-,28+,29+,30-,31-,32-,36-,37-/m0/s1. The zero-order valence-corrected chi connectivity index (χ0v) is 42.8. The molecule has 10 amide bonds. The fourth-order valence-corrected chi connectivity index (χ4v) is 7.86. The van der Waals surface area contributed by atoms with Crippen LogP contribution < -0.4 is 64.9 Å². The Morgan fingerprint density at radius 2 is 1.37 bits per heavy atom. The summed E-state index contributed by atoms with van der Waals surface area (Å²) in [6.07, 6.45) is 0.675. The van der Waals surface area contributed by atoms with Crippen LogP contribution in [0.5, 0.6) is 5.75 Å². The highest BCUT2D eigenvalue weighted by Crippen LogP contribution is 2.20. The summed E-state index contributed by atoms with van der Waals surface area (Å²) >= 11 is 8.39. The number of thiol groups is 2. The minimum atomic E-state index is -1.65. The summed E-state index contributed by atoms with van der Waals surface area (Å²) in [4.78, 5) is 138. The third-order valence-electron chi connectivity index (χ3n) is 11.4. The van der Waals surface area contributed by atoms with Crippen LogP contribution in [0.25, 0.3) is 0 Å². The van der Waals surface area contributed by atoms with Crippen molar-refractivity contribution in [3.63, 3.8) is 0 Å². The van der Waals surface area contributed by atoms with Crippen LogP contribution in [-0.2, 0) is 54.4 Å². The van der Waals surface area contributed by atoms with Gasteiger partial charge in [-0.15, -0.1) is 0 Å². The van der Waals surface area contributed by atoms with Gasteiger partial charge in [0.2, 0.25) is 59.1 Å². The summed E-state index contributed by atoms with van der Waals surface area (Å²) in [7, 11) is 0. The summed E-state index contributed by atoms with van der Waals surface area (Å²) in [5.74, 6) is -8.38. The van der Waals surface area contributed by atoms with Gasteiger partial charge in [-0.3, -0.25) is 52.9 Å².